The molecule has 0 spiro atoms. The minimum Gasteiger partial charge on any atom is -0.383 e. The van der Waals surface area contributed by atoms with Gasteiger partial charge in [-0.3, -0.25) is 0 Å². The van der Waals surface area contributed by atoms with Gasteiger partial charge < -0.3 is 15.0 Å². The molecule has 0 aliphatic rings. The fourth-order valence-electron chi connectivity index (χ4n) is 1.68. The molecular formula is C13H23N3O. The van der Waals surface area contributed by atoms with E-state index in [1.54, 1.807) is 7.11 Å². The van der Waals surface area contributed by atoms with Crippen molar-refractivity contribution >= 4 is 5.82 Å². The van der Waals surface area contributed by atoms with Crippen LogP contribution in [-0.2, 0) is 11.3 Å². The Bertz CT molecular complexity index is 341. The molecule has 0 atom stereocenters. The number of nitrogens with zero attached hydrogens (tertiary/aromatic N) is 2. The molecule has 0 saturated carbocycles. The van der Waals surface area contributed by atoms with Crippen LogP contribution < -0.4 is 10.2 Å². The van der Waals surface area contributed by atoms with E-state index in [1.807, 2.05) is 6.20 Å². The molecule has 1 aromatic rings. The summed E-state index contributed by atoms with van der Waals surface area (Å²) in [5.41, 5.74) is 2.44. The highest BCUT2D eigenvalue weighted by molar-refractivity contribution is 5.46. The van der Waals surface area contributed by atoms with Gasteiger partial charge in [0.25, 0.3) is 0 Å². The summed E-state index contributed by atoms with van der Waals surface area (Å²) in [6.07, 6.45) is 1.94. The fraction of sp³-hybridized carbons (Fsp3) is 0.615. The van der Waals surface area contributed by atoms with Crippen LogP contribution in [0.25, 0.3) is 0 Å². The fourth-order valence-corrected chi connectivity index (χ4v) is 1.68. The molecule has 4 nitrogen and oxygen atoms in total. The average molecular weight is 237 g/mol. The number of aryl methyl sites for hydroxylation is 1. The van der Waals surface area contributed by atoms with Crippen molar-refractivity contribution in [1.82, 2.24) is 10.3 Å². The molecule has 0 bridgehead atoms. The smallest absolute Gasteiger partial charge is 0.131 e. The lowest BCUT2D eigenvalue weighted by Gasteiger charge is -2.18. The highest BCUT2D eigenvalue weighted by Crippen LogP contribution is 2.16. The van der Waals surface area contributed by atoms with Gasteiger partial charge in [0.1, 0.15) is 5.82 Å². The van der Waals surface area contributed by atoms with Gasteiger partial charge in [0.2, 0.25) is 0 Å². The second-order valence-corrected chi connectivity index (χ2v) is 4.17. The van der Waals surface area contributed by atoms with Crippen LogP contribution in [0.15, 0.2) is 12.3 Å². The van der Waals surface area contributed by atoms with Crippen molar-refractivity contribution < 1.29 is 4.74 Å². The van der Waals surface area contributed by atoms with Crippen molar-refractivity contribution in [3.8, 4) is 0 Å². The monoisotopic (exact) mass is 237 g/mol. The zero-order valence-corrected chi connectivity index (χ0v) is 11.3. The zero-order valence-electron chi connectivity index (χ0n) is 11.3. The summed E-state index contributed by atoms with van der Waals surface area (Å²) in [7, 11) is 3.77. The predicted molar refractivity (Wildman–Crippen MR) is 71.5 cm³/mol. The summed E-state index contributed by atoms with van der Waals surface area (Å²) >= 11 is 0. The Hall–Kier alpha value is -1.13. The van der Waals surface area contributed by atoms with E-state index in [0.717, 1.165) is 32.1 Å². The molecule has 0 saturated heterocycles. The van der Waals surface area contributed by atoms with Crippen molar-refractivity contribution in [2.75, 3.05) is 38.8 Å². The lowest BCUT2D eigenvalue weighted by atomic mass is 10.2. The maximum Gasteiger partial charge on any atom is 0.131 e. The Morgan fingerprint density at radius 1 is 1.47 bits per heavy atom. The first-order valence-corrected chi connectivity index (χ1v) is 6.05. The number of rotatable bonds is 7. The summed E-state index contributed by atoms with van der Waals surface area (Å²) in [5, 5.41) is 3.31. The summed E-state index contributed by atoms with van der Waals surface area (Å²) in [5.74, 6) is 1.06. The molecule has 4 heteroatoms. The van der Waals surface area contributed by atoms with Gasteiger partial charge in [-0.1, -0.05) is 0 Å². The number of hydrogen-bond donors (Lipinski definition) is 1. The molecule has 96 valence electrons. The van der Waals surface area contributed by atoms with E-state index in [9.17, 15) is 0 Å². The van der Waals surface area contributed by atoms with E-state index in [4.69, 9.17) is 4.74 Å². The number of methoxy groups -OCH3 is 1. The molecule has 0 amide bonds. The zero-order chi connectivity index (χ0) is 12.7. The summed E-state index contributed by atoms with van der Waals surface area (Å²) in [6.45, 7) is 7.65. The molecule has 1 heterocycles. The van der Waals surface area contributed by atoms with Crippen LogP contribution in [0, 0.1) is 6.92 Å². The summed E-state index contributed by atoms with van der Waals surface area (Å²) in [4.78, 5) is 6.65. The molecule has 1 rings (SSSR count). The van der Waals surface area contributed by atoms with Gasteiger partial charge in [0.05, 0.1) is 6.61 Å². The Morgan fingerprint density at radius 3 is 2.82 bits per heavy atom. The minimum atomic E-state index is 0.739. The average Bonchev–Trinajstić information content (AvgIpc) is 2.34. The van der Waals surface area contributed by atoms with Crippen molar-refractivity contribution in [2.45, 2.75) is 20.4 Å². The molecule has 0 unspecified atom stereocenters. The van der Waals surface area contributed by atoms with E-state index in [0.29, 0.717) is 0 Å². The normalized spacial score (nSPS) is 10.6. The van der Waals surface area contributed by atoms with Gasteiger partial charge in [-0.15, -0.1) is 0 Å². The van der Waals surface area contributed by atoms with Gasteiger partial charge in [-0.25, -0.2) is 4.98 Å². The third-order valence-electron chi connectivity index (χ3n) is 2.76. The van der Waals surface area contributed by atoms with Crippen molar-refractivity contribution in [3.05, 3.63) is 23.4 Å². The maximum absolute atomic E-state index is 4.98. The van der Waals surface area contributed by atoms with Gasteiger partial charge in [0, 0.05) is 40.0 Å². The molecule has 0 aliphatic carbocycles. The molecule has 0 aromatic carbocycles. The minimum absolute atomic E-state index is 0.739. The topological polar surface area (TPSA) is 37.4 Å². The third-order valence-corrected chi connectivity index (χ3v) is 2.76. The highest BCUT2D eigenvalue weighted by Gasteiger charge is 2.05. The lowest BCUT2D eigenvalue weighted by molar-refractivity contribution is 0.199. The van der Waals surface area contributed by atoms with E-state index in [2.05, 4.69) is 42.2 Å². The first kappa shape index (κ1) is 13.9. The Balaban J connectivity index is 2.56. The second-order valence-electron chi connectivity index (χ2n) is 4.17. The standard InChI is InChI=1S/C13H23N3O/c1-5-16(3)13-11(2)8-12(10-15-13)9-14-6-7-17-4/h8,10,14H,5-7,9H2,1-4H3. The van der Waals surface area contributed by atoms with Crippen LogP contribution in [0.4, 0.5) is 5.82 Å². The highest BCUT2D eigenvalue weighted by atomic mass is 16.5. The lowest BCUT2D eigenvalue weighted by Crippen LogP contribution is -2.20. The van der Waals surface area contributed by atoms with Crippen molar-refractivity contribution in [3.63, 3.8) is 0 Å². The van der Waals surface area contributed by atoms with Crippen LogP contribution in [-0.4, -0.2) is 38.8 Å². The van der Waals surface area contributed by atoms with Crippen LogP contribution in [0.2, 0.25) is 0 Å². The SMILES string of the molecule is CCN(C)c1ncc(CNCCOC)cc1C. The predicted octanol–water partition coefficient (Wildman–Crippen LogP) is 1.58. The second kappa shape index (κ2) is 7.25. The first-order chi connectivity index (χ1) is 8.19. The summed E-state index contributed by atoms with van der Waals surface area (Å²) in [6, 6.07) is 2.19. The molecular weight excluding hydrogens is 214 g/mol. The number of anilines is 1. The quantitative estimate of drug-likeness (QED) is 0.731. The Kier molecular flexibility index (Phi) is 5.94. The number of nitrogens with one attached hydrogen (secondary N) is 1. The van der Waals surface area contributed by atoms with Gasteiger partial charge in [-0.05, 0) is 31.0 Å². The number of pyridine rings is 1. The molecule has 1 N–H and O–H groups in total. The van der Waals surface area contributed by atoms with Crippen LogP contribution in [0.1, 0.15) is 18.1 Å². The largest absolute Gasteiger partial charge is 0.383 e. The van der Waals surface area contributed by atoms with E-state index in [-0.39, 0.29) is 0 Å². The van der Waals surface area contributed by atoms with Crippen molar-refractivity contribution in [1.29, 1.82) is 0 Å². The van der Waals surface area contributed by atoms with E-state index >= 15 is 0 Å². The Morgan fingerprint density at radius 2 is 2.24 bits per heavy atom. The maximum atomic E-state index is 4.98. The van der Waals surface area contributed by atoms with Crippen LogP contribution in [0.3, 0.4) is 0 Å². The number of ether oxygens (including phenoxy) is 1. The molecule has 0 radical (unpaired) electrons. The van der Waals surface area contributed by atoms with Gasteiger partial charge >= 0.3 is 0 Å². The third kappa shape index (κ3) is 4.32. The first-order valence-electron chi connectivity index (χ1n) is 6.05. The molecule has 0 fully saturated rings. The van der Waals surface area contributed by atoms with Gasteiger partial charge in [-0.2, -0.15) is 0 Å². The number of aromatic nitrogens is 1. The summed E-state index contributed by atoms with van der Waals surface area (Å²) < 4.78 is 4.98. The van der Waals surface area contributed by atoms with E-state index < -0.39 is 0 Å². The van der Waals surface area contributed by atoms with Gasteiger partial charge in [0.15, 0.2) is 0 Å². The Labute approximate surface area is 104 Å². The molecule has 1 aromatic heterocycles. The molecule has 0 aliphatic heterocycles. The van der Waals surface area contributed by atoms with Crippen LogP contribution in [0.5, 0.6) is 0 Å². The number of hydrogen-bond acceptors (Lipinski definition) is 4. The molecule has 17 heavy (non-hydrogen) atoms. The van der Waals surface area contributed by atoms with Crippen molar-refractivity contribution in [2.24, 2.45) is 0 Å². The van der Waals surface area contributed by atoms with E-state index in [1.165, 1.54) is 11.1 Å². The van der Waals surface area contributed by atoms with Crippen LogP contribution >= 0.6 is 0 Å².